The van der Waals surface area contributed by atoms with Gasteiger partial charge in [0.1, 0.15) is 5.69 Å². The smallest absolute Gasteiger partial charge is 0.269 e. The van der Waals surface area contributed by atoms with Gasteiger partial charge in [0, 0.05) is 5.69 Å². The van der Waals surface area contributed by atoms with Crippen LogP contribution in [0.15, 0.2) is 6.07 Å². The van der Waals surface area contributed by atoms with Crippen molar-refractivity contribution in [2.45, 2.75) is 13.5 Å². The second-order valence-corrected chi connectivity index (χ2v) is 2.48. The summed E-state index contributed by atoms with van der Waals surface area (Å²) in [5.41, 5.74) is 6.07. The van der Waals surface area contributed by atoms with Crippen molar-refractivity contribution in [1.82, 2.24) is 9.78 Å². The Hall–Kier alpha value is -1.36. The average Bonchev–Trinajstić information content (AvgIpc) is 2.34. The molecule has 5 nitrogen and oxygen atoms in total. The van der Waals surface area contributed by atoms with Crippen LogP contribution in [0.1, 0.15) is 16.2 Å². The van der Waals surface area contributed by atoms with Crippen LogP contribution in [-0.4, -0.2) is 27.4 Å². The van der Waals surface area contributed by atoms with Crippen molar-refractivity contribution >= 4 is 5.91 Å². The van der Waals surface area contributed by atoms with Crippen LogP contribution in [0.5, 0.6) is 0 Å². The van der Waals surface area contributed by atoms with E-state index >= 15 is 0 Å². The van der Waals surface area contributed by atoms with E-state index in [0.29, 0.717) is 6.54 Å². The Bertz CT molecular complexity index is 293. The Morgan fingerprint density at radius 1 is 1.83 bits per heavy atom. The molecule has 1 aromatic heterocycles. The summed E-state index contributed by atoms with van der Waals surface area (Å²) in [4.78, 5) is 10.7. The summed E-state index contributed by atoms with van der Waals surface area (Å²) < 4.78 is 1.54. The van der Waals surface area contributed by atoms with E-state index in [1.807, 2.05) is 0 Å². The Morgan fingerprint density at radius 2 is 2.50 bits per heavy atom. The second kappa shape index (κ2) is 3.36. The molecule has 0 saturated heterocycles. The molecule has 0 aliphatic carbocycles. The number of aromatic nitrogens is 2. The van der Waals surface area contributed by atoms with E-state index in [1.165, 1.54) is 0 Å². The van der Waals surface area contributed by atoms with Gasteiger partial charge in [-0.1, -0.05) is 0 Å². The zero-order valence-corrected chi connectivity index (χ0v) is 6.82. The minimum Gasteiger partial charge on any atom is -0.394 e. The predicted octanol–water partition coefficient (Wildman–Crippen LogP) is -0.717. The fraction of sp³-hybridized carbons (Fsp3) is 0.429. The van der Waals surface area contributed by atoms with Gasteiger partial charge in [0.25, 0.3) is 5.91 Å². The van der Waals surface area contributed by atoms with Crippen LogP contribution in [-0.2, 0) is 6.54 Å². The quantitative estimate of drug-likeness (QED) is 0.626. The van der Waals surface area contributed by atoms with E-state index in [-0.39, 0.29) is 12.3 Å². The average molecular weight is 169 g/mol. The molecule has 1 rings (SSSR count). The highest BCUT2D eigenvalue weighted by molar-refractivity contribution is 5.90. The monoisotopic (exact) mass is 169 g/mol. The summed E-state index contributed by atoms with van der Waals surface area (Å²) in [5, 5.41) is 12.5. The van der Waals surface area contributed by atoms with Gasteiger partial charge in [-0.15, -0.1) is 0 Å². The Morgan fingerprint density at radius 3 is 2.92 bits per heavy atom. The zero-order chi connectivity index (χ0) is 9.14. The topological polar surface area (TPSA) is 81.1 Å². The maximum absolute atomic E-state index is 10.7. The van der Waals surface area contributed by atoms with Gasteiger partial charge in [-0.2, -0.15) is 5.10 Å². The molecule has 1 amide bonds. The van der Waals surface area contributed by atoms with Crippen LogP contribution in [0.25, 0.3) is 0 Å². The molecule has 0 bridgehead atoms. The van der Waals surface area contributed by atoms with E-state index in [2.05, 4.69) is 5.10 Å². The number of aliphatic hydroxyl groups is 1. The van der Waals surface area contributed by atoms with Gasteiger partial charge in [-0.25, -0.2) is 0 Å². The molecule has 66 valence electrons. The molecule has 0 saturated carbocycles. The van der Waals surface area contributed by atoms with E-state index in [0.717, 1.165) is 5.69 Å². The van der Waals surface area contributed by atoms with Crippen LogP contribution < -0.4 is 5.73 Å². The lowest BCUT2D eigenvalue weighted by Gasteiger charge is -1.98. The van der Waals surface area contributed by atoms with E-state index < -0.39 is 5.91 Å². The minimum atomic E-state index is -0.546. The van der Waals surface area contributed by atoms with E-state index in [9.17, 15) is 4.79 Å². The molecule has 12 heavy (non-hydrogen) atoms. The number of carbonyl (C=O) groups is 1. The molecule has 1 heterocycles. The van der Waals surface area contributed by atoms with Crippen molar-refractivity contribution in [3.05, 3.63) is 17.5 Å². The van der Waals surface area contributed by atoms with Gasteiger partial charge in [-0.05, 0) is 13.0 Å². The number of nitrogens with two attached hydrogens (primary N) is 1. The molecule has 0 spiro atoms. The maximum Gasteiger partial charge on any atom is 0.269 e. The van der Waals surface area contributed by atoms with Crippen LogP contribution in [0.3, 0.4) is 0 Å². The normalized spacial score (nSPS) is 10.2. The number of hydrogen-bond acceptors (Lipinski definition) is 3. The Kier molecular flexibility index (Phi) is 2.44. The number of rotatable bonds is 3. The third kappa shape index (κ3) is 1.62. The molecule has 0 unspecified atom stereocenters. The molecular formula is C7H11N3O2. The van der Waals surface area contributed by atoms with E-state index in [4.69, 9.17) is 10.8 Å². The molecule has 0 aromatic carbocycles. The molecule has 0 atom stereocenters. The standard InChI is InChI=1S/C7H11N3O2/c1-5-4-6(7(8)12)9-10(5)2-3-11/h4,11H,2-3H2,1H3,(H2,8,12). The highest BCUT2D eigenvalue weighted by Crippen LogP contribution is 2.01. The van der Waals surface area contributed by atoms with Crippen molar-refractivity contribution in [1.29, 1.82) is 0 Å². The number of aliphatic hydroxyl groups excluding tert-OH is 1. The first kappa shape index (κ1) is 8.73. The Labute approximate surface area is 69.8 Å². The van der Waals surface area contributed by atoms with Crippen molar-refractivity contribution < 1.29 is 9.90 Å². The lowest BCUT2D eigenvalue weighted by Crippen LogP contribution is -2.13. The first-order valence-corrected chi connectivity index (χ1v) is 3.60. The Balaban J connectivity index is 2.92. The maximum atomic E-state index is 10.7. The van der Waals surface area contributed by atoms with Gasteiger partial charge < -0.3 is 10.8 Å². The summed E-state index contributed by atoms with van der Waals surface area (Å²) in [6.07, 6.45) is 0. The predicted molar refractivity (Wildman–Crippen MR) is 42.6 cm³/mol. The zero-order valence-electron chi connectivity index (χ0n) is 6.82. The minimum absolute atomic E-state index is 0.000716. The van der Waals surface area contributed by atoms with E-state index in [1.54, 1.807) is 17.7 Å². The third-order valence-electron chi connectivity index (χ3n) is 1.55. The second-order valence-electron chi connectivity index (χ2n) is 2.48. The fourth-order valence-electron chi connectivity index (χ4n) is 0.952. The van der Waals surface area contributed by atoms with Gasteiger partial charge in [0.2, 0.25) is 0 Å². The SMILES string of the molecule is Cc1cc(C(N)=O)nn1CCO. The number of nitrogens with zero attached hydrogens (tertiary/aromatic N) is 2. The van der Waals surface area contributed by atoms with Crippen molar-refractivity contribution in [3.8, 4) is 0 Å². The number of carbonyl (C=O) groups excluding carboxylic acids is 1. The number of hydrogen-bond donors (Lipinski definition) is 2. The fourth-order valence-corrected chi connectivity index (χ4v) is 0.952. The lowest BCUT2D eigenvalue weighted by atomic mass is 10.3. The number of aryl methyl sites for hydroxylation is 1. The highest BCUT2D eigenvalue weighted by atomic mass is 16.3. The third-order valence-corrected chi connectivity index (χ3v) is 1.55. The largest absolute Gasteiger partial charge is 0.394 e. The molecule has 5 heteroatoms. The molecular weight excluding hydrogens is 158 g/mol. The molecule has 0 fully saturated rings. The van der Waals surface area contributed by atoms with Gasteiger partial charge >= 0.3 is 0 Å². The summed E-state index contributed by atoms with van der Waals surface area (Å²) in [5.74, 6) is -0.546. The van der Waals surface area contributed by atoms with Gasteiger partial charge in [-0.3, -0.25) is 9.48 Å². The summed E-state index contributed by atoms with van der Waals surface area (Å²) >= 11 is 0. The molecule has 1 aromatic rings. The lowest BCUT2D eigenvalue weighted by molar-refractivity contribution is 0.0994. The van der Waals surface area contributed by atoms with Crippen molar-refractivity contribution in [2.24, 2.45) is 5.73 Å². The molecule has 3 N–H and O–H groups in total. The summed E-state index contributed by atoms with van der Waals surface area (Å²) in [6.45, 7) is 2.19. The summed E-state index contributed by atoms with van der Waals surface area (Å²) in [6, 6.07) is 1.60. The highest BCUT2D eigenvalue weighted by Gasteiger charge is 2.07. The first-order chi connectivity index (χ1) is 5.65. The van der Waals surface area contributed by atoms with Crippen molar-refractivity contribution in [2.75, 3.05) is 6.61 Å². The molecule has 0 radical (unpaired) electrons. The van der Waals surface area contributed by atoms with Crippen LogP contribution in [0.4, 0.5) is 0 Å². The molecule has 0 aliphatic rings. The summed E-state index contributed by atoms with van der Waals surface area (Å²) in [7, 11) is 0. The first-order valence-electron chi connectivity index (χ1n) is 3.60. The number of primary amides is 1. The van der Waals surface area contributed by atoms with Crippen molar-refractivity contribution in [3.63, 3.8) is 0 Å². The van der Waals surface area contributed by atoms with Crippen LogP contribution >= 0.6 is 0 Å². The van der Waals surface area contributed by atoms with Crippen LogP contribution in [0, 0.1) is 6.92 Å². The molecule has 0 aliphatic heterocycles. The van der Waals surface area contributed by atoms with Gasteiger partial charge in [0.05, 0.1) is 13.2 Å². The van der Waals surface area contributed by atoms with Crippen LogP contribution in [0.2, 0.25) is 0 Å². The number of amides is 1. The van der Waals surface area contributed by atoms with Gasteiger partial charge in [0.15, 0.2) is 0 Å².